The van der Waals surface area contributed by atoms with Gasteiger partial charge < -0.3 is 15.2 Å². The van der Waals surface area contributed by atoms with E-state index in [1.807, 2.05) is 41.5 Å². The van der Waals surface area contributed by atoms with E-state index >= 15 is 0 Å². The molecule has 0 fully saturated rings. The van der Waals surface area contributed by atoms with Crippen LogP contribution in [0.4, 0.5) is 0 Å². The van der Waals surface area contributed by atoms with Gasteiger partial charge in [0.05, 0.1) is 0 Å². The van der Waals surface area contributed by atoms with Gasteiger partial charge in [0.2, 0.25) is 0 Å². The normalized spacial score (nSPS) is 8.47. The molecule has 2 N–H and O–H groups in total. The molecule has 116 valence electrons. The second kappa shape index (κ2) is 30.8. The number of ether oxygens (including phenoxy) is 2. The van der Waals surface area contributed by atoms with E-state index in [1.165, 1.54) is 13.8 Å². The summed E-state index contributed by atoms with van der Waals surface area (Å²) in [6.07, 6.45) is -0.536. The number of carbonyl (C=O) groups is 2. The summed E-state index contributed by atoms with van der Waals surface area (Å²) >= 11 is 0. The minimum absolute atomic E-state index is 0. The van der Waals surface area contributed by atoms with Gasteiger partial charge in [-0.15, -0.1) is 0 Å². The van der Waals surface area contributed by atoms with Crippen LogP contribution < -0.4 is 5.73 Å². The zero-order valence-electron chi connectivity index (χ0n) is 13.7. The Morgan fingerprint density at radius 3 is 1.53 bits per heavy atom. The molecule has 1 unspecified atom stereocenters. The SMILES string of the molecule is CC.CC.CC.CC(=O)OCC(CN)OC(C)=O.[U]. The molecule has 0 heterocycles. The van der Waals surface area contributed by atoms with Gasteiger partial charge in [-0.2, -0.15) is 0 Å². The molecule has 0 aliphatic rings. The average Bonchev–Trinajstić information content (AvgIpc) is 2.41. The summed E-state index contributed by atoms with van der Waals surface area (Å²) in [5.74, 6) is -0.849. The van der Waals surface area contributed by atoms with Crippen molar-refractivity contribution in [3.8, 4) is 0 Å². The van der Waals surface area contributed by atoms with Crippen molar-refractivity contribution in [2.75, 3.05) is 13.2 Å². The van der Waals surface area contributed by atoms with Crippen LogP contribution in [0.25, 0.3) is 0 Å². The molecular weight excluding hydrogens is 472 g/mol. The van der Waals surface area contributed by atoms with Crippen LogP contribution in [0.1, 0.15) is 55.4 Å². The van der Waals surface area contributed by atoms with E-state index < -0.39 is 18.0 Å². The molecule has 0 saturated carbocycles. The van der Waals surface area contributed by atoms with Gasteiger partial charge in [0.1, 0.15) is 12.7 Å². The second-order valence-corrected chi connectivity index (χ2v) is 2.27. The minimum atomic E-state index is -0.536. The Morgan fingerprint density at radius 1 is 0.947 bits per heavy atom. The summed E-state index contributed by atoms with van der Waals surface area (Å²) in [6, 6.07) is 0. The van der Waals surface area contributed by atoms with Crippen molar-refractivity contribution in [2.45, 2.75) is 61.5 Å². The maximum Gasteiger partial charge on any atom is 0.303 e. The maximum atomic E-state index is 10.4. The number of esters is 2. The summed E-state index contributed by atoms with van der Waals surface area (Å²) in [5.41, 5.74) is 5.24. The molecule has 0 spiro atoms. The van der Waals surface area contributed by atoms with Crippen LogP contribution in [0.15, 0.2) is 0 Å². The molecule has 0 rings (SSSR count). The first-order valence-electron chi connectivity index (χ1n) is 6.57. The molecule has 5 nitrogen and oxygen atoms in total. The molecule has 0 bridgehead atoms. The molecule has 19 heavy (non-hydrogen) atoms. The van der Waals surface area contributed by atoms with E-state index in [9.17, 15) is 9.59 Å². The van der Waals surface area contributed by atoms with Gasteiger partial charge in [-0.25, -0.2) is 0 Å². The number of carbonyl (C=O) groups excluding carboxylic acids is 2. The Morgan fingerprint density at radius 2 is 1.32 bits per heavy atom. The van der Waals surface area contributed by atoms with Gasteiger partial charge >= 0.3 is 11.9 Å². The van der Waals surface area contributed by atoms with Crippen molar-refractivity contribution in [1.29, 1.82) is 0 Å². The molecule has 0 saturated heterocycles. The Balaban J connectivity index is -0.0000000816. The van der Waals surface area contributed by atoms with E-state index in [0.29, 0.717) is 0 Å². The van der Waals surface area contributed by atoms with Crippen molar-refractivity contribution in [3.63, 3.8) is 0 Å². The summed E-state index contributed by atoms with van der Waals surface area (Å²) in [6.45, 7) is 14.7. The molecule has 0 aliphatic heterocycles. The molecule has 1 atom stereocenters. The van der Waals surface area contributed by atoms with Crippen LogP contribution in [-0.4, -0.2) is 31.2 Å². The summed E-state index contributed by atoms with van der Waals surface area (Å²) in [7, 11) is 0. The number of hydrogen-bond acceptors (Lipinski definition) is 5. The standard InChI is InChI=1S/C7H13NO4.3C2H6.U/c1-5(9)11-4-7(3-8)12-6(2)10;3*1-2;/h7H,3-4,8H2,1-2H3;3*1-2H3;. The molecule has 0 amide bonds. The first-order valence-corrected chi connectivity index (χ1v) is 6.57. The zero-order chi connectivity index (χ0) is 15.6. The van der Waals surface area contributed by atoms with Gasteiger partial charge in [0, 0.05) is 51.5 Å². The molecule has 0 aromatic heterocycles. The topological polar surface area (TPSA) is 78.6 Å². The molecular formula is C13H31NO4U. The first kappa shape index (κ1) is 31.4. The van der Waals surface area contributed by atoms with Crippen molar-refractivity contribution in [1.82, 2.24) is 0 Å². The van der Waals surface area contributed by atoms with Crippen molar-refractivity contribution >= 4 is 11.9 Å². The van der Waals surface area contributed by atoms with Gasteiger partial charge in [-0.1, -0.05) is 41.5 Å². The summed E-state index contributed by atoms with van der Waals surface area (Å²) in [5, 5.41) is 0. The summed E-state index contributed by atoms with van der Waals surface area (Å²) < 4.78 is 9.31. The van der Waals surface area contributed by atoms with Gasteiger partial charge in [0.15, 0.2) is 0 Å². The quantitative estimate of drug-likeness (QED) is 0.597. The smallest absolute Gasteiger partial charge is 0.303 e. The van der Waals surface area contributed by atoms with E-state index in [0.717, 1.165) is 0 Å². The zero-order valence-corrected chi connectivity index (χ0v) is 17.9. The second-order valence-electron chi connectivity index (χ2n) is 2.27. The minimum Gasteiger partial charge on any atom is -0.462 e. The molecule has 0 aromatic rings. The average molecular weight is 503 g/mol. The van der Waals surface area contributed by atoms with Gasteiger partial charge in [0.25, 0.3) is 0 Å². The van der Waals surface area contributed by atoms with Crippen LogP contribution in [0.3, 0.4) is 0 Å². The monoisotopic (exact) mass is 503 g/mol. The molecule has 0 aromatic carbocycles. The van der Waals surface area contributed by atoms with E-state index in [-0.39, 0.29) is 44.3 Å². The first-order chi connectivity index (χ1) is 8.56. The largest absolute Gasteiger partial charge is 0.462 e. The van der Waals surface area contributed by atoms with Crippen LogP contribution >= 0.6 is 0 Å². The number of rotatable bonds is 4. The third kappa shape index (κ3) is 38.1. The third-order valence-corrected chi connectivity index (χ3v) is 1.07. The van der Waals surface area contributed by atoms with Crippen molar-refractivity contribution < 1.29 is 50.2 Å². The Kier molecular flexibility index (Phi) is 50.8. The van der Waals surface area contributed by atoms with Crippen LogP contribution in [-0.2, 0) is 19.1 Å². The van der Waals surface area contributed by atoms with Crippen LogP contribution in [0.2, 0.25) is 0 Å². The van der Waals surface area contributed by atoms with Gasteiger partial charge in [-0.3, -0.25) is 9.59 Å². The molecule has 0 aliphatic carbocycles. The fourth-order valence-corrected chi connectivity index (χ4v) is 0.595. The Bertz CT molecular complexity index is 178. The maximum absolute atomic E-state index is 10.4. The van der Waals surface area contributed by atoms with Crippen molar-refractivity contribution in [3.05, 3.63) is 0 Å². The van der Waals surface area contributed by atoms with E-state index in [4.69, 9.17) is 10.5 Å². The number of hydrogen-bond donors (Lipinski definition) is 1. The summed E-state index contributed by atoms with van der Waals surface area (Å²) in [4.78, 5) is 20.8. The van der Waals surface area contributed by atoms with Crippen LogP contribution in [0.5, 0.6) is 0 Å². The van der Waals surface area contributed by atoms with Gasteiger partial charge in [-0.05, 0) is 0 Å². The molecule has 6 heteroatoms. The predicted octanol–water partition coefficient (Wildman–Crippen LogP) is 2.52. The third-order valence-electron chi connectivity index (χ3n) is 1.07. The number of nitrogens with two attached hydrogens (primary N) is 1. The van der Waals surface area contributed by atoms with E-state index in [2.05, 4.69) is 4.74 Å². The van der Waals surface area contributed by atoms with Crippen LogP contribution in [0, 0.1) is 31.1 Å². The van der Waals surface area contributed by atoms with Crippen molar-refractivity contribution in [2.24, 2.45) is 5.73 Å². The Hall–Kier alpha value is -0.0481. The fraction of sp³-hybridized carbons (Fsp3) is 0.846. The predicted molar refractivity (Wildman–Crippen MR) is 75.3 cm³/mol. The fourth-order valence-electron chi connectivity index (χ4n) is 0.595. The molecule has 0 radical (unpaired) electrons. The van der Waals surface area contributed by atoms with E-state index in [1.54, 1.807) is 0 Å². The Labute approximate surface area is 142 Å².